The number of aromatic amines is 1. The molecular formula is C21H20N4O4S. The summed E-state index contributed by atoms with van der Waals surface area (Å²) in [5.74, 6) is 1.25. The Morgan fingerprint density at radius 3 is 2.87 bits per heavy atom. The minimum atomic E-state index is -0.406. The van der Waals surface area contributed by atoms with E-state index in [1.165, 1.54) is 16.8 Å². The number of carbonyl (C=O) groups is 1. The van der Waals surface area contributed by atoms with Gasteiger partial charge < -0.3 is 9.15 Å². The van der Waals surface area contributed by atoms with Crippen molar-refractivity contribution in [3.63, 3.8) is 0 Å². The van der Waals surface area contributed by atoms with E-state index in [2.05, 4.69) is 28.9 Å². The zero-order valence-corrected chi connectivity index (χ0v) is 17.3. The number of fused-ring (bicyclic) bond motifs is 1. The maximum atomic E-state index is 12.5. The fourth-order valence-corrected chi connectivity index (χ4v) is 3.70. The molecule has 0 fully saturated rings. The van der Waals surface area contributed by atoms with Crippen molar-refractivity contribution in [2.75, 3.05) is 5.75 Å². The highest BCUT2D eigenvalue weighted by molar-refractivity contribution is 7.99. The van der Waals surface area contributed by atoms with Crippen molar-refractivity contribution in [3.05, 3.63) is 64.6 Å². The Balaban J connectivity index is 1.55. The van der Waals surface area contributed by atoms with Crippen LogP contribution in [0.4, 0.5) is 0 Å². The third kappa shape index (κ3) is 4.16. The topological polar surface area (TPSA) is 102 Å². The van der Waals surface area contributed by atoms with E-state index < -0.39 is 5.97 Å². The minimum Gasteiger partial charge on any atom is -0.461 e. The molecule has 1 N–H and O–H groups in total. The van der Waals surface area contributed by atoms with Gasteiger partial charge in [0.1, 0.15) is 5.75 Å². The van der Waals surface area contributed by atoms with Crippen molar-refractivity contribution in [1.29, 1.82) is 0 Å². The summed E-state index contributed by atoms with van der Waals surface area (Å²) < 4.78 is 12.4. The summed E-state index contributed by atoms with van der Waals surface area (Å²) in [6.07, 6.45) is 2.46. The molecule has 0 spiro atoms. The lowest BCUT2D eigenvalue weighted by Gasteiger charge is -2.14. The van der Waals surface area contributed by atoms with Crippen molar-refractivity contribution in [2.45, 2.75) is 31.3 Å². The van der Waals surface area contributed by atoms with Crippen LogP contribution in [0, 0.1) is 0 Å². The number of rotatable bonds is 7. The molecule has 3 aromatic heterocycles. The first-order valence-corrected chi connectivity index (χ1v) is 10.5. The number of nitrogens with zero attached hydrogens (tertiary/aromatic N) is 3. The molecule has 0 amide bonds. The van der Waals surface area contributed by atoms with Crippen LogP contribution in [-0.4, -0.2) is 31.3 Å². The van der Waals surface area contributed by atoms with Gasteiger partial charge in [0.05, 0.1) is 12.0 Å². The second-order valence-corrected chi connectivity index (χ2v) is 7.67. The van der Waals surface area contributed by atoms with Crippen molar-refractivity contribution in [2.24, 2.45) is 0 Å². The van der Waals surface area contributed by atoms with E-state index in [0.29, 0.717) is 28.1 Å². The smallest absolute Gasteiger partial charge is 0.321 e. The highest BCUT2D eigenvalue weighted by Crippen LogP contribution is 2.29. The number of thioether (sulfide) groups is 1. The number of aromatic nitrogens is 4. The van der Waals surface area contributed by atoms with Crippen LogP contribution in [-0.2, 0) is 4.79 Å². The van der Waals surface area contributed by atoms with Crippen LogP contribution in [0.15, 0.2) is 63.1 Å². The second kappa shape index (κ2) is 8.58. The van der Waals surface area contributed by atoms with E-state index in [0.717, 1.165) is 23.7 Å². The molecule has 0 radical (unpaired) electrons. The van der Waals surface area contributed by atoms with Crippen molar-refractivity contribution < 1.29 is 13.9 Å². The van der Waals surface area contributed by atoms with Gasteiger partial charge in [-0.2, -0.15) is 4.98 Å². The van der Waals surface area contributed by atoms with Crippen LogP contribution < -0.4 is 10.3 Å². The van der Waals surface area contributed by atoms with Gasteiger partial charge in [-0.1, -0.05) is 43.8 Å². The number of benzene rings is 1. The highest BCUT2D eigenvalue weighted by Gasteiger charge is 2.17. The molecule has 8 nitrogen and oxygen atoms in total. The molecule has 0 aliphatic carbocycles. The molecule has 0 saturated carbocycles. The number of H-pyrrole nitrogens is 1. The Morgan fingerprint density at radius 2 is 2.10 bits per heavy atom. The average molecular weight is 424 g/mol. The fraction of sp³-hybridized carbons (Fsp3) is 0.238. The number of para-hydroxylation sites is 1. The summed E-state index contributed by atoms with van der Waals surface area (Å²) in [7, 11) is 0. The summed E-state index contributed by atoms with van der Waals surface area (Å²) in [5.41, 5.74) is 1.07. The quantitative estimate of drug-likeness (QED) is 0.273. The van der Waals surface area contributed by atoms with E-state index in [9.17, 15) is 9.59 Å². The van der Waals surface area contributed by atoms with E-state index in [-0.39, 0.29) is 17.2 Å². The van der Waals surface area contributed by atoms with E-state index >= 15 is 0 Å². The minimum absolute atomic E-state index is 0.0127. The number of hydrogen-bond acceptors (Lipinski definition) is 7. The Hall–Kier alpha value is -3.33. The maximum Gasteiger partial charge on any atom is 0.321 e. The highest BCUT2D eigenvalue weighted by atomic mass is 32.2. The molecule has 3 heterocycles. The lowest BCUT2D eigenvalue weighted by atomic mass is 9.98. The molecule has 30 heavy (non-hydrogen) atoms. The van der Waals surface area contributed by atoms with E-state index in [1.807, 2.05) is 18.2 Å². The van der Waals surface area contributed by atoms with Gasteiger partial charge in [0.25, 0.3) is 5.56 Å². The van der Waals surface area contributed by atoms with Gasteiger partial charge in [0.15, 0.2) is 22.4 Å². The lowest BCUT2D eigenvalue weighted by Crippen LogP contribution is -2.14. The van der Waals surface area contributed by atoms with Crippen molar-refractivity contribution in [3.8, 4) is 17.3 Å². The Morgan fingerprint density at radius 1 is 1.27 bits per heavy atom. The fourth-order valence-electron chi connectivity index (χ4n) is 2.97. The van der Waals surface area contributed by atoms with Crippen LogP contribution in [0.1, 0.15) is 31.7 Å². The predicted molar refractivity (Wildman–Crippen MR) is 113 cm³/mol. The summed E-state index contributed by atoms with van der Waals surface area (Å²) in [6, 6.07) is 12.4. The van der Waals surface area contributed by atoms with Crippen LogP contribution >= 0.6 is 11.8 Å². The van der Waals surface area contributed by atoms with Gasteiger partial charge in [-0.15, -0.1) is 0 Å². The zero-order chi connectivity index (χ0) is 21.1. The SMILES string of the molecule is CC[C@@H](C)c1ccccc1OC(=O)CSc1nc(-c2ccco2)nc2cc(=O)[nH]n12. The number of furan rings is 1. The predicted octanol–water partition coefficient (Wildman–Crippen LogP) is 3.89. The van der Waals surface area contributed by atoms with Gasteiger partial charge in [-0.25, -0.2) is 9.50 Å². The molecule has 0 saturated heterocycles. The third-order valence-electron chi connectivity index (χ3n) is 4.67. The van der Waals surface area contributed by atoms with E-state index in [4.69, 9.17) is 9.15 Å². The van der Waals surface area contributed by atoms with Crippen molar-refractivity contribution in [1.82, 2.24) is 19.6 Å². The first-order valence-electron chi connectivity index (χ1n) is 9.51. The number of ether oxygens (including phenoxy) is 1. The van der Waals surface area contributed by atoms with Gasteiger partial charge in [0.2, 0.25) is 0 Å². The monoisotopic (exact) mass is 424 g/mol. The molecule has 1 atom stereocenters. The third-order valence-corrected chi connectivity index (χ3v) is 5.58. The van der Waals surface area contributed by atoms with Crippen molar-refractivity contribution >= 4 is 23.4 Å². The standard InChI is InChI=1S/C21H20N4O4S/c1-3-13(2)14-7-4-5-8-15(14)29-19(27)12-30-21-23-20(16-9-6-10-28-16)22-17-11-18(26)24-25(17)21/h4-11,13H,3,12H2,1-2H3,(H,24,26)/t13-/m1/s1. The average Bonchev–Trinajstić information content (AvgIpc) is 3.40. The summed E-state index contributed by atoms with van der Waals surface area (Å²) in [4.78, 5) is 33.1. The number of carbonyl (C=O) groups excluding carboxylic acids is 1. The molecule has 0 unspecified atom stereocenters. The van der Waals surface area contributed by atoms with Crippen LogP contribution in [0.25, 0.3) is 17.2 Å². The molecule has 1 aromatic carbocycles. The maximum absolute atomic E-state index is 12.5. The van der Waals surface area contributed by atoms with E-state index in [1.54, 1.807) is 18.2 Å². The largest absolute Gasteiger partial charge is 0.461 e. The second-order valence-electron chi connectivity index (χ2n) is 6.73. The van der Waals surface area contributed by atoms with Crippen LogP contribution in [0.5, 0.6) is 5.75 Å². The number of nitrogens with one attached hydrogen (secondary N) is 1. The Labute approximate surface area is 176 Å². The molecule has 9 heteroatoms. The Kier molecular flexibility index (Phi) is 5.71. The number of esters is 1. The summed E-state index contributed by atoms with van der Waals surface area (Å²) in [5, 5.41) is 3.04. The molecule has 0 aliphatic heterocycles. The first-order chi connectivity index (χ1) is 14.5. The van der Waals surface area contributed by atoms with Gasteiger partial charge in [-0.05, 0) is 36.1 Å². The first kappa shape index (κ1) is 20.0. The molecule has 4 aromatic rings. The molecular weight excluding hydrogens is 404 g/mol. The van der Waals surface area contributed by atoms with Crippen LogP contribution in [0.3, 0.4) is 0 Å². The van der Waals surface area contributed by atoms with Gasteiger partial charge >= 0.3 is 5.97 Å². The number of hydrogen-bond donors (Lipinski definition) is 1. The lowest BCUT2D eigenvalue weighted by molar-refractivity contribution is -0.131. The van der Waals surface area contributed by atoms with Gasteiger partial charge in [0, 0.05) is 6.07 Å². The summed E-state index contributed by atoms with van der Waals surface area (Å²) in [6.45, 7) is 4.19. The molecule has 154 valence electrons. The zero-order valence-electron chi connectivity index (χ0n) is 16.5. The normalized spacial score (nSPS) is 12.2. The molecule has 0 bridgehead atoms. The van der Waals surface area contributed by atoms with Gasteiger partial charge in [-0.3, -0.25) is 14.7 Å². The molecule has 4 rings (SSSR count). The summed E-state index contributed by atoms with van der Waals surface area (Å²) >= 11 is 1.15. The molecule has 0 aliphatic rings. The van der Waals surface area contributed by atoms with Crippen LogP contribution in [0.2, 0.25) is 0 Å². The Bertz CT molecular complexity index is 1230.